The Morgan fingerprint density at radius 2 is 1.91 bits per heavy atom. The van der Waals surface area contributed by atoms with Crippen LogP contribution in [0.25, 0.3) is 0 Å². The van der Waals surface area contributed by atoms with Gasteiger partial charge in [0.2, 0.25) is 16.8 Å². The molecule has 1 amide bonds. The van der Waals surface area contributed by atoms with E-state index in [-0.39, 0.29) is 18.5 Å². The van der Waals surface area contributed by atoms with E-state index in [1.54, 1.807) is 6.92 Å². The molecule has 0 radical (unpaired) electrons. The highest BCUT2D eigenvalue weighted by Gasteiger charge is 2.21. The number of amides is 1. The van der Waals surface area contributed by atoms with Gasteiger partial charge in [0, 0.05) is 4.88 Å². The molecule has 0 spiro atoms. The number of hydrogen-bond acceptors (Lipinski definition) is 8. The van der Waals surface area contributed by atoms with E-state index in [9.17, 15) is 13.2 Å². The molecule has 0 saturated heterocycles. The molecule has 168 valence electrons. The lowest BCUT2D eigenvalue weighted by molar-refractivity contribution is 0.0977. The first kappa shape index (κ1) is 22.1. The number of thiazole rings is 1. The van der Waals surface area contributed by atoms with E-state index in [0.717, 1.165) is 41.7 Å². The van der Waals surface area contributed by atoms with Crippen LogP contribution < -0.4 is 19.5 Å². The number of anilines is 1. The topological polar surface area (TPSA) is 107 Å². The second-order valence-corrected chi connectivity index (χ2v) is 10.4. The fraction of sp³-hybridized carbons (Fsp3) is 0.273. The summed E-state index contributed by atoms with van der Waals surface area (Å²) >= 11 is 1.32. The molecule has 1 aliphatic rings. The van der Waals surface area contributed by atoms with Crippen LogP contribution in [0.3, 0.4) is 0 Å². The maximum atomic E-state index is 12.3. The molecule has 0 saturated carbocycles. The summed E-state index contributed by atoms with van der Waals surface area (Å²) < 4.78 is 35.6. The Hall–Kier alpha value is -3.11. The van der Waals surface area contributed by atoms with Gasteiger partial charge in [-0.3, -0.25) is 4.79 Å². The van der Waals surface area contributed by atoms with Crippen LogP contribution in [0.2, 0.25) is 0 Å². The highest BCUT2D eigenvalue weighted by Crippen LogP contribution is 2.34. The van der Waals surface area contributed by atoms with Gasteiger partial charge in [-0.1, -0.05) is 36.4 Å². The van der Waals surface area contributed by atoms with Crippen molar-refractivity contribution in [2.75, 3.05) is 18.4 Å². The Labute approximate surface area is 190 Å². The van der Waals surface area contributed by atoms with Gasteiger partial charge in [-0.15, -0.1) is 11.3 Å². The number of rotatable bonds is 8. The molecule has 3 aromatic rings. The molecule has 1 atom stereocenters. The van der Waals surface area contributed by atoms with E-state index in [0.29, 0.717) is 10.0 Å². The minimum absolute atomic E-state index is 0.0574. The number of nitrogens with one attached hydrogen (secondary N) is 2. The van der Waals surface area contributed by atoms with Gasteiger partial charge in [-0.05, 0) is 43.0 Å². The van der Waals surface area contributed by atoms with Crippen LogP contribution in [0.5, 0.6) is 11.5 Å². The predicted molar refractivity (Wildman–Crippen MR) is 123 cm³/mol. The van der Waals surface area contributed by atoms with Gasteiger partial charge in [0.05, 0.1) is 12.3 Å². The number of ether oxygens (including phenoxy) is 2. The summed E-state index contributed by atoms with van der Waals surface area (Å²) in [6.45, 7) is 1.98. The first-order valence-electron chi connectivity index (χ1n) is 9.98. The lowest BCUT2D eigenvalue weighted by Crippen LogP contribution is -2.30. The van der Waals surface area contributed by atoms with Gasteiger partial charge in [0.1, 0.15) is 5.69 Å². The van der Waals surface area contributed by atoms with Crippen LogP contribution in [-0.4, -0.2) is 32.4 Å². The van der Waals surface area contributed by atoms with Gasteiger partial charge in [-0.2, -0.15) is 0 Å². The largest absolute Gasteiger partial charge is 0.454 e. The molecule has 32 heavy (non-hydrogen) atoms. The highest BCUT2D eigenvalue weighted by molar-refractivity contribution is 7.89. The number of hydrogen-bond donors (Lipinski definition) is 2. The lowest BCUT2D eigenvalue weighted by Gasteiger charge is -2.19. The maximum Gasteiger partial charge on any atom is 0.284 e. The number of fused-ring (bicyclic) bond motifs is 1. The van der Waals surface area contributed by atoms with E-state index in [2.05, 4.69) is 10.3 Å². The molecular formula is C22H23N3O5S2. The number of aromatic nitrogens is 1. The lowest BCUT2D eigenvalue weighted by atomic mass is 9.99. The first-order chi connectivity index (χ1) is 15.3. The van der Waals surface area contributed by atoms with Crippen molar-refractivity contribution in [3.05, 3.63) is 70.2 Å². The van der Waals surface area contributed by atoms with Gasteiger partial charge < -0.3 is 14.8 Å². The van der Waals surface area contributed by atoms with Gasteiger partial charge in [0.15, 0.2) is 16.6 Å². The predicted octanol–water partition coefficient (Wildman–Crippen LogP) is 3.66. The summed E-state index contributed by atoms with van der Waals surface area (Å²) in [5.41, 5.74) is 2.31. The van der Waals surface area contributed by atoms with Gasteiger partial charge in [0.25, 0.3) is 5.91 Å². The van der Waals surface area contributed by atoms with E-state index in [4.69, 9.17) is 9.47 Å². The highest BCUT2D eigenvalue weighted by atomic mass is 32.2. The summed E-state index contributed by atoms with van der Waals surface area (Å²) in [6, 6.07) is 15.9. The van der Waals surface area contributed by atoms with E-state index in [1.165, 1.54) is 11.3 Å². The number of sulfonamides is 1. The van der Waals surface area contributed by atoms with E-state index < -0.39 is 15.9 Å². The Morgan fingerprint density at radius 3 is 2.66 bits per heavy atom. The fourth-order valence-corrected chi connectivity index (χ4v) is 4.75. The monoisotopic (exact) mass is 473 g/mol. The summed E-state index contributed by atoms with van der Waals surface area (Å²) in [4.78, 5) is 17.2. The maximum absolute atomic E-state index is 12.3. The zero-order valence-corrected chi connectivity index (χ0v) is 19.3. The SMILES string of the molecule is Cc1sc(NC(CCc2ccc3c(c2)OCO3)c2ccccc2)nc1C(=O)NS(C)(=O)=O. The van der Waals surface area contributed by atoms with Crippen LogP contribution >= 0.6 is 11.3 Å². The van der Waals surface area contributed by atoms with Crippen molar-refractivity contribution in [3.63, 3.8) is 0 Å². The van der Waals surface area contributed by atoms with Crippen molar-refractivity contribution in [1.82, 2.24) is 9.71 Å². The van der Waals surface area contributed by atoms with E-state index >= 15 is 0 Å². The quantitative estimate of drug-likeness (QED) is 0.514. The van der Waals surface area contributed by atoms with Crippen LogP contribution in [-0.2, 0) is 16.4 Å². The zero-order chi connectivity index (χ0) is 22.7. The third-order valence-corrected chi connectivity index (χ3v) is 6.41. The molecule has 4 rings (SSSR count). The molecule has 0 fully saturated rings. The second-order valence-electron chi connectivity index (χ2n) is 7.46. The minimum atomic E-state index is -3.66. The standard InChI is InChI=1S/C22H23N3O5S2/c1-14-20(21(26)25-32(2,27)28)24-22(31-14)23-17(16-6-4-3-5-7-16)10-8-15-9-11-18-19(12-15)30-13-29-18/h3-7,9,11-12,17H,8,10,13H2,1-2H3,(H,23,24)(H,25,26). The molecule has 0 bridgehead atoms. The number of benzene rings is 2. The van der Waals surface area contributed by atoms with Crippen molar-refractivity contribution >= 4 is 32.4 Å². The van der Waals surface area contributed by atoms with E-state index in [1.807, 2.05) is 53.3 Å². The average molecular weight is 474 g/mol. The number of carbonyl (C=O) groups is 1. The van der Waals surface area contributed by atoms with Crippen LogP contribution in [0, 0.1) is 6.92 Å². The molecule has 2 heterocycles. The Balaban J connectivity index is 1.52. The Bertz CT molecular complexity index is 1230. The molecule has 1 aromatic heterocycles. The number of carbonyl (C=O) groups excluding carboxylic acids is 1. The summed E-state index contributed by atoms with van der Waals surface area (Å²) in [6.07, 6.45) is 2.50. The van der Waals surface area contributed by atoms with Gasteiger partial charge >= 0.3 is 0 Å². The molecule has 2 aromatic carbocycles. The molecular weight excluding hydrogens is 450 g/mol. The minimum Gasteiger partial charge on any atom is -0.454 e. The molecule has 2 N–H and O–H groups in total. The second kappa shape index (κ2) is 9.17. The fourth-order valence-electron chi connectivity index (χ4n) is 3.45. The van der Waals surface area contributed by atoms with Crippen molar-refractivity contribution in [2.24, 2.45) is 0 Å². The van der Waals surface area contributed by atoms with Gasteiger partial charge in [-0.25, -0.2) is 18.1 Å². The third-order valence-electron chi connectivity index (χ3n) is 4.95. The van der Waals surface area contributed by atoms with Crippen molar-refractivity contribution < 1.29 is 22.7 Å². The summed E-state index contributed by atoms with van der Waals surface area (Å²) in [7, 11) is -3.66. The smallest absolute Gasteiger partial charge is 0.284 e. The Morgan fingerprint density at radius 1 is 1.16 bits per heavy atom. The van der Waals surface area contributed by atoms with Crippen LogP contribution in [0.4, 0.5) is 5.13 Å². The molecule has 8 nitrogen and oxygen atoms in total. The summed E-state index contributed by atoms with van der Waals surface area (Å²) in [5.74, 6) is 0.777. The van der Waals surface area contributed by atoms with Crippen LogP contribution in [0.1, 0.15) is 39.0 Å². The van der Waals surface area contributed by atoms with Crippen molar-refractivity contribution in [1.29, 1.82) is 0 Å². The number of aryl methyl sites for hydroxylation is 2. The third kappa shape index (κ3) is 5.38. The molecule has 1 aliphatic heterocycles. The molecule has 0 aliphatic carbocycles. The molecule has 10 heteroatoms. The zero-order valence-electron chi connectivity index (χ0n) is 17.6. The first-order valence-corrected chi connectivity index (χ1v) is 12.7. The average Bonchev–Trinajstić information content (AvgIpc) is 3.36. The van der Waals surface area contributed by atoms with Crippen LogP contribution in [0.15, 0.2) is 48.5 Å². The summed E-state index contributed by atoms with van der Waals surface area (Å²) in [5, 5.41) is 3.98. The van der Waals surface area contributed by atoms with Crippen molar-refractivity contribution in [2.45, 2.75) is 25.8 Å². The van der Waals surface area contributed by atoms with Crippen molar-refractivity contribution in [3.8, 4) is 11.5 Å². The Kier molecular flexibility index (Phi) is 6.33. The normalized spacial score (nSPS) is 13.6. The molecule has 1 unspecified atom stereocenters. The number of nitrogens with zero attached hydrogens (tertiary/aromatic N) is 1.